The molecule has 0 bridgehead atoms. The van der Waals surface area contributed by atoms with E-state index in [1.165, 1.54) is 0 Å². The van der Waals surface area contributed by atoms with Gasteiger partial charge in [0.2, 0.25) is 5.91 Å². The van der Waals surface area contributed by atoms with Crippen LogP contribution in [0.2, 0.25) is 5.02 Å². The Bertz CT molecular complexity index is 1140. The normalized spacial score (nSPS) is 13.5. The zero-order valence-corrected chi connectivity index (χ0v) is 19.9. The molecule has 0 spiro atoms. The highest BCUT2D eigenvalue weighted by Gasteiger charge is 2.21. The standard InChI is InChI=1S/C27H28ClN3O3/c1-2-26(32)31-15-13-30(14-16-31)25-12-11-22(18-24(25)28)29-27(33)21-9-6-10-23(17-21)34-19-20-7-4-3-5-8-20/h3-12,17-18H,2,13-16,19H2,1H3,(H,29,33). The van der Waals surface area contributed by atoms with Crippen molar-refractivity contribution < 1.29 is 14.3 Å². The topological polar surface area (TPSA) is 61.9 Å². The molecule has 34 heavy (non-hydrogen) atoms. The maximum absolute atomic E-state index is 12.8. The molecule has 0 unspecified atom stereocenters. The maximum Gasteiger partial charge on any atom is 0.255 e. The molecule has 1 aliphatic heterocycles. The van der Waals surface area contributed by atoms with Crippen LogP contribution in [0.5, 0.6) is 5.75 Å². The predicted octanol–water partition coefficient (Wildman–Crippen LogP) is 5.23. The third kappa shape index (κ3) is 5.88. The first-order valence-corrected chi connectivity index (χ1v) is 11.8. The van der Waals surface area contributed by atoms with Crippen LogP contribution in [0.4, 0.5) is 11.4 Å². The summed E-state index contributed by atoms with van der Waals surface area (Å²) < 4.78 is 5.83. The molecule has 3 aromatic carbocycles. The van der Waals surface area contributed by atoms with Gasteiger partial charge in [-0.3, -0.25) is 9.59 Å². The second-order valence-electron chi connectivity index (χ2n) is 8.14. The van der Waals surface area contributed by atoms with Crippen LogP contribution < -0.4 is 15.0 Å². The Balaban J connectivity index is 1.36. The molecule has 1 saturated heterocycles. The van der Waals surface area contributed by atoms with Crippen molar-refractivity contribution in [3.63, 3.8) is 0 Å². The van der Waals surface area contributed by atoms with Crippen molar-refractivity contribution in [2.75, 3.05) is 36.4 Å². The maximum atomic E-state index is 12.8. The molecule has 0 radical (unpaired) electrons. The average Bonchev–Trinajstić information content (AvgIpc) is 2.88. The third-order valence-corrected chi connectivity index (χ3v) is 6.13. The van der Waals surface area contributed by atoms with Crippen LogP contribution in [-0.2, 0) is 11.4 Å². The smallest absolute Gasteiger partial charge is 0.255 e. The number of nitrogens with zero attached hydrogens (tertiary/aromatic N) is 2. The number of ether oxygens (including phenoxy) is 1. The summed E-state index contributed by atoms with van der Waals surface area (Å²) in [5.74, 6) is 0.574. The molecule has 7 heteroatoms. The molecule has 1 heterocycles. The van der Waals surface area contributed by atoms with Crippen LogP contribution >= 0.6 is 11.6 Å². The summed E-state index contributed by atoms with van der Waals surface area (Å²) in [6, 6.07) is 22.5. The van der Waals surface area contributed by atoms with Gasteiger partial charge in [0.1, 0.15) is 12.4 Å². The molecular formula is C27H28ClN3O3. The van der Waals surface area contributed by atoms with Gasteiger partial charge in [0, 0.05) is 43.9 Å². The number of carbonyl (C=O) groups is 2. The molecule has 3 aromatic rings. The number of halogens is 1. The van der Waals surface area contributed by atoms with E-state index in [2.05, 4.69) is 10.2 Å². The fraction of sp³-hybridized carbons (Fsp3) is 0.259. The predicted molar refractivity (Wildman–Crippen MR) is 136 cm³/mol. The molecule has 4 rings (SSSR count). The number of carbonyl (C=O) groups excluding carboxylic acids is 2. The van der Waals surface area contributed by atoms with Gasteiger partial charge in [0.25, 0.3) is 5.91 Å². The number of benzene rings is 3. The zero-order valence-electron chi connectivity index (χ0n) is 19.2. The van der Waals surface area contributed by atoms with Crippen LogP contribution in [0.3, 0.4) is 0 Å². The number of anilines is 2. The number of hydrogen-bond donors (Lipinski definition) is 1. The van der Waals surface area contributed by atoms with E-state index >= 15 is 0 Å². The molecule has 2 amide bonds. The van der Waals surface area contributed by atoms with Crippen molar-refractivity contribution in [2.45, 2.75) is 20.0 Å². The summed E-state index contributed by atoms with van der Waals surface area (Å²) in [5.41, 5.74) is 3.08. The summed E-state index contributed by atoms with van der Waals surface area (Å²) in [4.78, 5) is 28.8. The molecule has 0 aromatic heterocycles. The van der Waals surface area contributed by atoms with Crippen LogP contribution in [0.25, 0.3) is 0 Å². The molecule has 176 valence electrons. The quantitative estimate of drug-likeness (QED) is 0.506. The number of rotatable bonds is 7. The van der Waals surface area contributed by atoms with E-state index in [1.54, 1.807) is 24.3 Å². The van der Waals surface area contributed by atoms with Crippen molar-refractivity contribution in [3.8, 4) is 5.75 Å². The van der Waals surface area contributed by atoms with Crippen LogP contribution in [0, 0.1) is 0 Å². The lowest BCUT2D eigenvalue weighted by atomic mass is 10.2. The highest BCUT2D eigenvalue weighted by atomic mass is 35.5. The van der Waals surface area contributed by atoms with Crippen LogP contribution in [0.1, 0.15) is 29.3 Å². The largest absolute Gasteiger partial charge is 0.489 e. The van der Waals surface area contributed by atoms with Gasteiger partial charge in [0.05, 0.1) is 10.7 Å². The van der Waals surface area contributed by atoms with E-state index in [0.717, 1.165) is 24.3 Å². The van der Waals surface area contributed by atoms with Gasteiger partial charge in [0.15, 0.2) is 0 Å². The van der Waals surface area contributed by atoms with Gasteiger partial charge < -0.3 is 19.9 Å². The van der Waals surface area contributed by atoms with E-state index < -0.39 is 0 Å². The van der Waals surface area contributed by atoms with Gasteiger partial charge in [-0.1, -0.05) is 54.9 Å². The minimum Gasteiger partial charge on any atom is -0.489 e. The van der Waals surface area contributed by atoms with Crippen LogP contribution in [0.15, 0.2) is 72.8 Å². The summed E-state index contributed by atoms with van der Waals surface area (Å²) in [7, 11) is 0. The van der Waals surface area contributed by atoms with Crippen molar-refractivity contribution >= 4 is 34.8 Å². The Kier molecular flexibility index (Phi) is 7.70. The molecule has 1 aliphatic rings. The zero-order chi connectivity index (χ0) is 23.9. The lowest BCUT2D eigenvalue weighted by Crippen LogP contribution is -2.48. The number of nitrogens with one attached hydrogen (secondary N) is 1. The third-order valence-electron chi connectivity index (χ3n) is 5.83. The lowest BCUT2D eigenvalue weighted by molar-refractivity contribution is -0.131. The molecule has 0 aliphatic carbocycles. The van der Waals surface area contributed by atoms with Crippen LogP contribution in [-0.4, -0.2) is 42.9 Å². The van der Waals surface area contributed by atoms with Gasteiger partial charge in [-0.25, -0.2) is 0 Å². The van der Waals surface area contributed by atoms with E-state index in [-0.39, 0.29) is 11.8 Å². The minimum atomic E-state index is -0.235. The Hall–Kier alpha value is -3.51. The first-order valence-electron chi connectivity index (χ1n) is 11.4. The summed E-state index contributed by atoms with van der Waals surface area (Å²) in [6.45, 7) is 5.14. The monoisotopic (exact) mass is 477 g/mol. The molecular weight excluding hydrogens is 450 g/mol. The fourth-order valence-electron chi connectivity index (χ4n) is 3.93. The van der Waals surface area contributed by atoms with Crippen molar-refractivity contribution in [2.24, 2.45) is 0 Å². The van der Waals surface area contributed by atoms with Crippen molar-refractivity contribution in [1.82, 2.24) is 4.90 Å². The molecule has 0 atom stereocenters. The second kappa shape index (κ2) is 11.1. The Morgan fingerprint density at radius 2 is 1.71 bits per heavy atom. The van der Waals surface area contributed by atoms with Gasteiger partial charge in [-0.2, -0.15) is 0 Å². The number of hydrogen-bond acceptors (Lipinski definition) is 4. The average molecular weight is 478 g/mol. The first kappa shape index (κ1) is 23.6. The van der Waals surface area contributed by atoms with Gasteiger partial charge >= 0.3 is 0 Å². The number of piperazine rings is 1. The van der Waals surface area contributed by atoms with E-state index in [1.807, 2.05) is 60.4 Å². The first-order chi connectivity index (χ1) is 16.5. The highest BCUT2D eigenvalue weighted by Crippen LogP contribution is 2.30. The summed E-state index contributed by atoms with van der Waals surface area (Å²) in [6.07, 6.45) is 0.525. The van der Waals surface area contributed by atoms with E-state index in [4.69, 9.17) is 16.3 Å². The summed E-state index contributed by atoms with van der Waals surface area (Å²) >= 11 is 6.55. The van der Waals surface area contributed by atoms with E-state index in [9.17, 15) is 9.59 Å². The molecule has 1 N–H and O–H groups in total. The Morgan fingerprint density at radius 3 is 2.41 bits per heavy atom. The van der Waals surface area contributed by atoms with Gasteiger partial charge in [-0.15, -0.1) is 0 Å². The fourth-order valence-corrected chi connectivity index (χ4v) is 4.23. The molecule has 1 fully saturated rings. The van der Waals surface area contributed by atoms with Gasteiger partial charge in [-0.05, 0) is 42.0 Å². The van der Waals surface area contributed by atoms with Crippen molar-refractivity contribution in [3.05, 3.63) is 88.9 Å². The highest BCUT2D eigenvalue weighted by molar-refractivity contribution is 6.33. The SMILES string of the molecule is CCC(=O)N1CCN(c2ccc(NC(=O)c3cccc(OCc4ccccc4)c3)cc2Cl)CC1. The molecule has 6 nitrogen and oxygen atoms in total. The molecule has 0 saturated carbocycles. The minimum absolute atomic E-state index is 0.179. The Labute approximate surface area is 205 Å². The lowest BCUT2D eigenvalue weighted by Gasteiger charge is -2.36. The van der Waals surface area contributed by atoms with E-state index in [0.29, 0.717) is 48.1 Å². The van der Waals surface area contributed by atoms with Crippen molar-refractivity contribution in [1.29, 1.82) is 0 Å². The number of amides is 2. The summed E-state index contributed by atoms with van der Waals surface area (Å²) in [5, 5.41) is 3.47. The second-order valence-corrected chi connectivity index (χ2v) is 8.55. The Morgan fingerprint density at radius 1 is 0.941 bits per heavy atom.